The highest BCUT2D eigenvalue weighted by Crippen LogP contribution is 2.27. The molecule has 1 aliphatic heterocycles. The zero-order valence-electron chi connectivity index (χ0n) is 18.1. The maximum Gasteiger partial charge on any atom is 0.225 e. The second-order valence-corrected chi connectivity index (χ2v) is 8.77. The van der Waals surface area contributed by atoms with E-state index in [1.54, 1.807) is 10.9 Å². The van der Waals surface area contributed by atoms with Gasteiger partial charge in [-0.1, -0.05) is 5.21 Å². The van der Waals surface area contributed by atoms with Gasteiger partial charge < -0.3 is 20.7 Å². The number of hydrogen-bond acceptors (Lipinski definition) is 8. The van der Waals surface area contributed by atoms with Gasteiger partial charge in [0.25, 0.3) is 0 Å². The van der Waals surface area contributed by atoms with Gasteiger partial charge in [-0.15, -0.1) is 5.10 Å². The molecule has 2 aliphatic rings. The third-order valence-electron chi connectivity index (χ3n) is 6.41. The van der Waals surface area contributed by atoms with Crippen molar-refractivity contribution in [3.63, 3.8) is 0 Å². The predicted molar refractivity (Wildman–Crippen MR) is 120 cm³/mol. The van der Waals surface area contributed by atoms with Crippen LogP contribution in [-0.2, 0) is 4.79 Å². The maximum absolute atomic E-state index is 11.4. The van der Waals surface area contributed by atoms with E-state index in [0.29, 0.717) is 23.5 Å². The smallest absolute Gasteiger partial charge is 0.225 e. The van der Waals surface area contributed by atoms with Gasteiger partial charge in [0.05, 0.1) is 11.9 Å². The number of fused-ring (bicyclic) bond motifs is 1. The first-order chi connectivity index (χ1) is 15.5. The second kappa shape index (κ2) is 8.70. The number of benzene rings is 1. The van der Waals surface area contributed by atoms with E-state index in [4.69, 9.17) is 10.5 Å². The summed E-state index contributed by atoms with van der Waals surface area (Å²) < 4.78 is 7.84. The molecule has 168 valence electrons. The first-order valence-corrected chi connectivity index (χ1v) is 11.1. The fraction of sp³-hybridized carbons (Fsp3) is 0.500. The fourth-order valence-electron chi connectivity index (χ4n) is 4.49. The van der Waals surface area contributed by atoms with Gasteiger partial charge in [0.1, 0.15) is 11.9 Å². The molecule has 2 aromatic heterocycles. The number of nitrogens with two attached hydrogens (primary N) is 1. The lowest BCUT2D eigenvalue weighted by molar-refractivity contribution is -0.121. The molecule has 3 N–H and O–H groups in total. The van der Waals surface area contributed by atoms with Gasteiger partial charge in [0.15, 0.2) is 11.2 Å². The van der Waals surface area contributed by atoms with E-state index in [-0.39, 0.29) is 24.0 Å². The molecule has 1 aromatic carbocycles. The molecule has 0 spiro atoms. The molecular weight excluding hydrogens is 408 g/mol. The fourth-order valence-corrected chi connectivity index (χ4v) is 4.49. The van der Waals surface area contributed by atoms with Gasteiger partial charge in [-0.05, 0) is 63.4 Å². The first kappa shape index (κ1) is 20.6. The van der Waals surface area contributed by atoms with Crippen LogP contribution in [0.3, 0.4) is 0 Å². The zero-order valence-corrected chi connectivity index (χ0v) is 18.1. The average molecular weight is 437 g/mol. The van der Waals surface area contributed by atoms with E-state index in [9.17, 15) is 4.79 Å². The monoisotopic (exact) mass is 436 g/mol. The van der Waals surface area contributed by atoms with Crippen LogP contribution in [0.4, 0.5) is 5.95 Å². The summed E-state index contributed by atoms with van der Waals surface area (Å²) in [5.74, 6) is 1.03. The number of likely N-dealkylation sites (tertiary alicyclic amines) is 1. The van der Waals surface area contributed by atoms with Crippen molar-refractivity contribution in [1.82, 2.24) is 29.9 Å². The SMILES string of the molecule is CN1CCC(Oc2ccc(-n3nnc4cnc(N[C@@H]5CC[C@@H](C(N)=O)C5)nc43)cc2)CC1. The van der Waals surface area contributed by atoms with Gasteiger partial charge in [-0.25, -0.2) is 4.98 Å². The number of piperidine rings is 1. The van der Waals surface area contributed by atoms with Crippen molar-refractivity contribution in [2.75, 3.05) is 25.5 Å². The summed E-state index contributed by atoms with van der Waals surface area (Å²) in [6, 6.07) is 7.98. The highest BCUT2D eigenvalue weighted by molar-refractivity contribution is 5.77. The molecular formula is C22H28N8O2. The number of ether oxygens (including phenoxy) is 1. The average Bonchev–Trinajstić information content (AvgIpc) is 3.43. The van der Waals surface area contributed by atoms with Crippen molar-refractivity contribution in [2.45, 2.75) is 44.2 Å². The van der Waals surface area contributed by atoms with Crippen LogP contribution in [0.5, 0.6) is 5.75 Å². The molecule has 32 heavy (non-hydrogen) atoms. The molecule has 3 aromatic rings. The van der Waals surface area contributed by atoms with E-state index < -0.39 is 0 Å². The largest absolute Gasteiger partial charge is 0.490 e. The summed E-state index contributed by atoms with van der Waals surface area (Å²) in [5, 5.41) is 11.8. The first-order valence-electron chi connectivity index (χ1n) is 11.1. The van der Waals surface area contributed by atoms with E-state index in [2.05, 4.69) is 37.5 Å². The van der Waals surface area contributed by atoms with E-state index in [1.807, 2.05) is 24.3 Å². The quantitative estimate of drug-likeness (QED) is 0.599. The predicted octanol–water partition coefficient (Wildman–Crippen LogP) is 1.75. The lowest BCUT2D eigenvalue weighted by Crippen LogP contribution is -2.35. The van der Waals surface area contributed by atoms with E-state index >= 15 is 0 Å². The summed E-state index contributed by atoms with van der Waals surface area (Å²) in [7, 11) is 2.14. The molecule has 1 amide bonds. The number of aromatic nitrogens is 5. The van der Waals surface area contributed by atoms with Gasteiger partial charge in [0.2, 0.25) is 11.9 Å². The van der Waals surface area contributed by atoms with Gasteiger partial charge in [-0.2, -0.15) is 9.67 Å². The Morgan fingerprint density at radius 3 is 2.66 bits per heavy atom. The van der Waals surface area contributed by atoms with E-state index in [1.165, 1.54) is 0 Å². The number of carbonyl (C=O) groups excluding carboxylic acids is 1. The standard InChI is InChI=1S/C22H28N8O2/c1-29-10-8-18(9-11-29)32-17-6-4-16(5-7-17)30-21-19(27-28-30)13-24-22(26-21)25-15-3-2-14(12-15)20(23)31/h4-7,13-15,18H,2-3,8-12H2,1H3,(H2,23,31)(H,24,25,26)/t14-,15-/m1/s1. The lowest BCUT2D eigenvalue weighted by atomic mass is 10.1. The minimum absolute atomic E-state index is 0.0846. The lowest BCUT2D eigenvalue weighted by Gasteiger charge is -2.29. The van der Waals surface area contributed by atoms with Crippen LogP contribution in [0.25, 0.3) is 16.9 Å². The summed E-state index contributed by atoms with van der Waals surface area (Å²) >= 11 is 0. The second-order valence-electron chi connectivity index (χ2n) is 8.77. The van der Waals surface area contributed by atoms with Crippen LogP contribution < -0.4 is 15.8 Å². The van der Waals surface area contributed by atoms with Crippen LogP contribution in [0.1, 0.15) is 32.1 Å². The number of rotatable bonds is 6. The van der Waals surface area contributed by atoms with Gasteiger partial charge in [-0.3, -0.25) is 4.79 Å². The molecule has 1 saturated heterocycles. The minimum Gasteiger partial charge on any atom is -0.490 e. The van der Waals surface area contributed by atoms with Crippen molar-refractivity contribution in [3.8, 4) is 11.4 Å². The summed E-state index contributed by atoms with van der Waals surface area (Å²) in [6.45, 7) is 2.13. The van der Waals surface area contributed by atoms with Crippen LogP contribution in [0.2, 0.25) is 0 Å². The van der Waals surface area contributed by atoms with Crippen LogP contribution in [-0.4, -0.2) is 68.1 Å². The zero-order chi connectivity index (χ0) is 22.1. The summed E-state index contributed by atoms with van der Waals surface area (Å²) in [4.78, 5) is 22.7. The van der Waals surface area contributed by atoms with Crippen molar-refractivity contribution in [2.24, 2.45) is 11.7 Å². The Morgan fingerprint density at radius 1 is 1.16 bits per heavy atom. The highest BCUT2D eigenvalue weighted by Gasteiger charge is 2.29. The molecule has 2 fully saturated rings. The molecule has 2 atom stereocenters. The summed E-state index contributed by atoms with van der Waals surface area (Å²) in [6.07, 6.45) is 6.36. The number of primary amides is 1. The maximum atomic E-state index is 11.4. The molecule has 0 radical (unpaired) electrons. The molecule has 1 saturated carbocycles. The van der Waals surface area contributed by atoms with Gasteiger partial charge in [0, 0.05) is 25.0 Å². The Kier molecular flexibility index (Phi) is 5.60. The van der Waals surface area contributed by atoms with Crippen molar-refractivity contribution >= 4 is 23.0 Å². The molecule has 0 bridgehead atoms. The Morgan fingerprint density at radius 2 is 1.94 bits per heavy atom. The molecule has 3 heterocycles. The van der Waals surface area contributed by atoms with Crippen molar-refractivity contribution < 1.29 is 9.53 Å². The van der Waals surface area contributed by atoms with Crippen LogP contribution >= 0.6 is 0 Å². The summed E-state index contributed by atoms with van der Waals surface area (Å²) in [5.41, 5.74) is 7.52. The molecule has 0 unspecified atom stereocenters. The number of nitrogens with one attached hydrogen (secondary N) is 1. The third-order valence-corrected chi connectivity index (χ3v) is 6.41. The minimum atomic E-state index is -0.240. The highest BCUT2D eigenvalue weighted by atomic mass is 16.5. The number of hydrogen-bond donors (Lipinski definition) is 2. The van der Waals surface area contributed by atoms with E-state index in [0.717, 1.165) is 50.2 Å². The third kappa shape index (κ3) is 4.36. The topological polar surface area (TPSA) is 124 Å². The Bertz CT molecular complexity index is 1090. The molecule has 5 rings (SSSR count). The van der Waals surface area contributed by atoms with Crippen LogP contribution in [0, 0.1) is 5.92 Å². The number of amides is 1. The van der Waals surface area contributed by atoms with Crippen LogP contribution in [0.15, 0.2) is 30.5 Å². The van der Waals surface area contributed by atoms with Gasteiger partial charge >= 0.3 is 0 Å². The van der Waals surface area contributed by atoms with Crippen molar-refractivity contribution in [3.05, 3.63) is 30.5 Å². The normalized spacial score (nSPS) is 22.3. The Labute approximate surface area is 186 Å². The number of carbonyl (C=O) groups is 1. The Balaban J connectivity index is 1.30. The Hall–Kier alpha value is -3.27. The molecule has 10 heteroatoms. The number of nitrogens with zero attached hydrogens (tertiary/aromatic N) is 6. The van der Waals surface area contributed by atoms with Crippen molar-refractivity contribution in [1.29, 1.82) is 0 Å². The molecule has 10 nitrogen and oxygen atoms in total. The number of anilines is 1. The molecule has 1 aliphatic carbocycles.